The van der Waals surface area contributed by atoms with Gasteiger partial charge in [0.15, 0.2) is 0 Å². The molecule has 2 saturated heterocycles. The first-order chi connectivity index (χ1) is 14.5. The molecule has 2 amide bonds. The molecule has 8 nitrogen and oxygen atoms in total. The van der Waals surface area contributed by atoms with Gasteiger partial charge < -0.3 is 19.1 Å². The number of methoxy groups -OCH3 is 1. The minimum Gasteiger partial charge on any atom is -0.469 e. The van der Waals surface area contributed by atoms with Gasteiger partial charge in [-0.2, -0.15) is 0 Å². The van der Waals surface area contributed by atoms with Crippen LogP contribution in [0.1, 0.15) is 32.6 Å². The predicted molar refractivity (Wildman–Crippen MR) is 110 cm³/mol. The summed E-state index contributed by atoms with van der Waals surface area (Å²) in [7, 11) is 1.37. The Hall–Kier alpha value is -2.90. The van der Waals surface area contributed by atoms with Crippen LogP contribution in [0.4, 0.5) is 0 Å². The molecule has 1 aromatic carbocycles. The first-order valence-corrected chi connectivity index (χ1v) is 10.6. The van der Waals surface area contributed by atoms with Crippen molar-refractivity contribution in [2.45, 2.75) is 44.7 Å². The van der Waals surface area contributed by atoms with Gasteiger partial charge in [0.2, 0.25) is 11.8 Å². The maximum absolute atomic E-state index is 12.8. The molecule has 2 aliphatic heterocycles. The second-order valence-corrected chi connectivity index (χ2v) is 8.08. The van der Waals surface area contributed by atoms with Gasteiger partial charge in [-0.1, -0.05) is 12.1 Å². The zero-order valence-corrected chi connectivity index (χ0v) is 17.5. The molecular weight excluding hydrogens is 384 g/mol. The molecule has 0 bridgehead atoms. The van der Waals surface area contributed by atoms with E-state index in [1.54, 1.807) is 6.33 Å². The van der Waals surface area contributed by atoms with Gasteiger partial charge >= 0.3 is 5.97 Å². The van der Waals surface area contributed by atoms with Crippen LogP contribution in [0.5, 0.6) is 0 Å². The van der Waals surface area contributed by atoms with Crippen molar-refractivity contribution in [3.63, 3.8) is 0 Å². The number of likely N-dealkylation sites (tertiary alicyclic amines) is 2. The number of aromatic nitrogens is 2. The maximum Gasteiger partial charge on any atom is 0.311 e. The van der Waals surface area contributed by atoms with E-state index in [0.29, 0.717) is 45.4 Å². The van der Waals surface area contributed by atoms with Crippen molar-refractivity contribution in [1.29, 1.82) is 0 Å². The van der Waals surface area contributed by atoms with E-state index in [4.69, 9.17) is 4.74 Å². The number of rotatable bonds is 5. The number of benzene rings is 1. The van der Waals surface area contributed by atoms with Gasteiger partial charge in [0, 0.05) is 39.0 Å². The Bertz CT molecular complexity index is 959. The molecule has 2 aromatic rings. The normalized spacial score (nSPS) is 20.9. The smallest absolute Gasteiger partial charge is 0.311 e. The third-order valence-corrected chi connectivity index (χ3v) is 6.74. The molecule has 0 N–H and O–H groups in total. The average molecular weight is 412 g/mol. The standard InChI is InChI=1S/C22H28N4O4/c1-3-26-20(28)14-16(21(29)30-2)22(26)9-12-24(13-10-22)19(27)8-11-25-15-23-17-6-4-5-7-18(17)25/h4-7,15-16H,3,8-14H2,1-2H3. The van der Waals surface area contributed by atoms with Crippen LogP contribution in [-0.4, -0.2) is 69.4 Å². The summed E-state index contributed by atoms with van der Waals surface area (Å²) in [5.74, 6) is -0.695. The van der Waals surface area contributed by atoms with Crippen LogP contribution in [0.25, 0.3) is 11.0 Å². The van der Waals surface area contributed by atoms with Crippen molar-refractivity contribution in [2.24, 2.45) is 5.92 Å². The summed E-state index contributed by atoms with van der Waals surface area (Å²) in [5.41, 5.74) is 1.41. The summed E-state index contributed by atoms with van der Waals surface area (Å²) in [6.45, 7) is 4.16. The van der Waals surface area contributed by atoms with E-state index in [1.165, 1.54) is 7.11 Å². The zero-order chi connectivity index (χ0) is 21.3. The molecule has 2 fully saturated rings. The Kier molecular flexibility index (Phi) is 5.49. The Balaban J connectivity index is 1.41. The van der Waals surface area contributed by atoms with E-state index in [0.717, 1.165) is 11.0 Å². The summed E-state index contributed by atoms with van der Waals surface area (Å²) in [6.07, 6.45) is 3.57. The second kappa shape index (κ2) is 8.08. The second-order valence-electron chi connectivity index (χ2n) is 8.08. The van der Waals surface area contributed by atoms with Crippen LogP contribution in [0, 0.1) is 5.92 Å². The first-order valence-electron chi connectivity index (χ1n) is 10.6. The van der Waals surface area contributed by atoms with Gasteiger partial charge in [0.05, 0.1) is 35.9 Å². The van der Waals surface area contributed by atoms with Gasteiger partial charge in [-0.3, -0.25) is 14.4 Å². The Labute approximate surface area is 175 Å². The highest BCUT2D eigenvalue weighted by Gasteiger charge is 2.56. The molecule has 0 aliphatic carbocycles. The van der Waals surface area contributed by atoms with E-state index >= 15 is 0 Å². The molecule has 2 aliphatic rings. The van der Waals surface area contributed by atoms with Crippen LogP contribution in [0.3, 0.4) is 0 Å². The number of para-hydroxylation sites is 2. The molecule has 0 radical (unpaired) electrons. The number of imidazole rings is 1. The molecule has 1 atom stereocenters. The maximum atomic E-state index is 12.8. The number of amides is 2. The van der Waals surface area contributed by atoms with Gasteiger partial charge in [-0.25, -0.2) is 4.98 Å². The number of hydrogen-bond acceptors (Lipinski definition) is 5. The van der Waals surface area contributed by atoms with Crippen LogP contribution in [0.15, 0.2) is 30.6 Å². The monoisotopic (exact) mass is 412 g/mol. The lowest BCUT2D eigenvalue weighted by Crippen LogP contribution is -2.58. The number of ether oxygens (including phenoxy) is 1. The van der Waals surface area contributed by atoms with Crippen LogP contribution >= 0.6 is 0 Å². The number of esters is 1. The Morgan fingerprint density at radius 1 is 1.23 bits per heavy atom. The molecule has 1 aromatic heterocycles. The summed E-state index contributed by atoms with van der Waals surface area (Å²) < 4.78 is 6.99. The van der Waals surface area contributed by atoms with Gasteiger partial charge in [0.1, 0.15) is 0 Å². The highest BCUT2D eigenvalue weighted by molar-refractivity contribution is 5.89. The molecule has 3 heterocycles. The lowest BCUT2D eigenvalue weighted by Gasteiger charge is -2.46. The van der Waals surface area contributed by atoms with Gasteiger partial charge in [-0.15, -0.1) is 0 Å². The average Bonchev–Trinajstić information content (AvgIpc) is 3.30. The summed E-state index contributed by atoms with van der Waals surface area (Å²) in [6, 6.07) is 7.87. The Morgan fingerprint density at radius 2 is 1.97 bits per heavy atom. The highest BCUT2D eigenvalue weighted by atomic mass is 16.5. The molecule has 0 saturated carbocycles. The van der Waals surface area contributed by atoms with E-state index in [-0.39, 0.29) is 24.2 Å². The number of aryl methyl sites for hydroxylation is 1. The summed E-state index contributed by atoms with van der Waals surface area (Å²) in [5, 5.41) is 0. The van der Waals surface area contributed by atoms with E-state index in [1.807, 2.05) is 45.6 Å². The fourth-order valence-electron chi connectivity index (χ4n) is 5.17. The topological polar surface area (TPSA) is 84.7 Å². The van der Waals surface area contributed by atoms with Crippen LogP contribution in [0.2, 0.25) is 0 Å². The minimum absolute atomic E-state index is 0.000313. The molecular formula is C22H28N4O4. The largest absolute Gasteiger partial charge is 0.469 e. The molecule has 160 valence electrons. The van der Waals surface area contributed by atoms with Crippen LogP contribution in [-0.2, 0) is 25.7 Å². The third kappa shape index (κ3) is 3.34. The van der Waals surface area contributed by atoms with Crippen molar-refractivity contribution < 1.29 is 19.1 Å². The van der Waals surface area contributed by atoms with Crippen molar-refractivity contribution in [1.82, 2.24) is 19.4 Å². The lowest BCUT2D eigenvalue weighted by atomic mass is 9.76. The van der Waals surface area contributed by atoms with E-state index < -0.39 is 11.5 Å². The predicted octanol–water partition coefficient (Wildman–Crippen LogP) is 1.83. The van der Waals surface area contributed by atoms with Crippen molar-refractivity contribution in [2.75, 3.05) is 26.7 Å². The first kappa shape index (κ1) is 20.4. The Morgan fingerprint density at radius 3 is 2.67 bits per heavy atom. The zero-order valence-electron chi connectivity index (χ0n) is 17.5. The molecule has 30 heavy (non-hydrogen) atoms. The fraction of sp³-hybridized carbons (Fsp3) is 0.545. The van der Waals surface area contributed by atoms with Crippen molar-refractivity contribution in [3.05, 3.63) is 30.6 Å². The van der Waals surface area contributed by atoms with Crippen LogP contribution < -0.4 is 0 Å². The molecule has 1 unspecified atom stereocenters. The van der Waals surface area contributed by atoms with Gasteiger partial charge in [0.25, 0.3) is 0 Å². The highest BCUT2D eigenvalue weighted by Crippen LogP contribution is 2.44. The SMILES string of the molecule is CCN1C(=O)CC(C(=O)OC)C12CCN(C(=O)CCn1cnc3ccccc31)CC2. The van der Waals surface area contributed by atoms with Crippen molar-refractivity contribution in [3.8, 4) is 0 Å². The van der Waals surface area contributed by atoms with Crippen molar-refractivity contribution >= 4 is 28.8 Å². The lowest BCUT2D eigenvalue weighted by molar-refractivity contribution is -0.150. The molecule has 4 rings (SSSR count). The van der Waals surface area contributed by atoms with E-state index in [2.05, 4.69) is 4.98 Å². The summed E-state index contributed by atoms with van der Waals surface area (Å²) >= 11 is 0. The number of carbonyl (C=O) groups excluding carboxylic acids is 3. The number of nitrogens with zero attached hydrogens (tertiary/aromatic N) is 4. The quantitative estimate of drug-likeness (QED) is 0.700. The summed E-state index contributed by atoms with van der Waals surface area (Å²) in [4.78, 5) is 45.8. The number of hydrogen-bond donors (Lipinski definition) is 0. The van der Waals surface area contributed by atoms with Gasteiger partial charge in [-0.05, 0) is 31.9 Å². The fourth-order valence-corrected chi connectivity index (χ4v) is 5.17. The number of fused-ring (bicyclic) bond motifs is 1. The number of carbonyl (C=O) groups is 3. The third-order valence-electron chi connectivity index (χ3n) is 6.74. The molecule has 1 spiro atoms. The molecule has 8 heteroatoms. The number of piperidine rings is 1. The minimum atomic E-state index is -0.531. The van der Waals surface area contributed by atoms with E-state index in [9.17, 15) is 14.4 Å².